The van der Waals surface area contributed by atoms with Crippen molar-refractivity contribution in [3.05, 3.63) is 29.8 Å². The number of aliphatic hydroxyl groups excluding tert-OH is 1. The van der Waals surface area contributed by atoms with Crippen LogP contribution in [0.3, 0.4) is 0 Å². The highest BCUT2D eigenvalue weighted by atomic mass is 32.2. The summed E-state index contributed by atoms with van der Waals surface area (Å²) in [6, 6.07) is 5.11. The second-order valence-electron chi connectivity index (χ2n) is 4.38. The Morgan fingerprint density at radius 3 is 2.56 bits per heavy atom. The minimum atomic E-state index is -3.80. The molecule has 1 aliphatic rings. The number of carboxylic acid groups (broad SMARTS) is 1. The minimum absolute atomic E-state index is 0.0910. The highest BCUT2D eigenvalue weighted by Gasteiger charge is 2.45. The van der Waals surface area contributed by atoms with E-state index in [1.807, 2.05) is 0 Å². The molecule has 1 aromatic carbocycles. The third-order valence-electron chi connectivity index (χ3n) is 2.90. The van der Waals surface area contributed by atoms with E-state index in [1.165, 1.54) is 18.2 Å². The summed E-state index contributed by atoms with van der Waals surface area (Å²) in [5.74, 6) is -1.18. The van der Waals surface area contributed by atoms with E-state index in [1.54, 1.807) is 0 Å². The third-order valence-corrected chi connectivity index (χ3v) is 4.47. The third kappa shape index (κ3) is 2.53. The number of benzene rings is 1. The van der Waals surface area contributed by atoms with E-state index < -0.39 is 21.5 Å². The Morgan fingerprint density at radius 1 is 1.39 bits per heavy atom. The molecule has 0 atom stereocenters. The molecule has 0 spiro atoms. The molecule has 1 aromatic rings. The summed E-state index contributed by atoms with van der Waals surface area (Å²) in [6.45, 7) is -0.259. The highest BCUT2D eigenvalue weighted by Crippen LogP contribution is 2.36. The molecule has 1 saturated carbocycles. The first-order valence-electron chi connectivity index (χ1n) is 5.37. The van der Waals surface area contributed by atoms with Crippen molar-refractivity contribution in [3.8, 4) is 0 Å². The van der Waals surface area contributed by atoms with Gasteiger partial charge in [-0.1, -0.05) is 6.07 Å². The fourth-order valence-electron chi connectivity index (χ4n) is 1.58. The lowest BCUT2D eigenvalue weighted by molar-refractivity contribution is 0.0696. The molecule has 3 N–H and O–H groups in total. The zero-order valence-corrected chi connectivity index (χ0v) is 10.3. The highest BCUT2D eigenvalue weighted by molar-refractivity contribution is 7.89. The molecule has 0 unspecified atom stereocenters. The molecule has 0 heterocycles. The van der Waals surface area contributed by atoms with Gasteiger partial charge in [0.05, 0.1) is 22.6 Å². The molecule has 7 heteroatoms. The number of hydrogen-bond acceptors (Lipinski definition) is 4. The fourth-order valence-corrected chi connectivity index (χ4v) is 3.08. The molecule has 98 valence electrons. The Balaban J connectivity index is 2.30. The molecule has 0 aromatic heterocycles. The normalized spacial score (nSPS) is 17.4. The van der Waals surface area contributed by atoms with Gasteiger partial charge in [0.15, 0.2) is 0 Å². The summed E-state index contributed by atoms with van der Waals surface area (Å²) in [5.41, 5.74) is -0.857. The first-order valence-corrected chi connectivity index (χ1v) is 6.85. The molecule has 0 aliphatic heterocycles. The van der Waals surface area contributed by atoms with E-state index in [2.05, 4.69) is 4.72 Å². The Labute approximate surface area is 104 Å². The van der Waals surface area contributed by atoms with Crippen molar-refractivity contribution in [2.45, 2.75) is 23.3 Å². The van der Waals surface area contributed by atoms with Crippen LogP contribution in [-0.2, 0) is 10.0 Å². The van der Waals surface area contributed by atoms with Crippen molar-refractivity contribution in [2.24, 2.45) is 0 Å². The lowest BCUT2D eigenvalue weighted by Crippen LogP contribution is -2.39. The van der Waals surface area contributed by atoms with Crippen molar-refractivity contribution in [1.29, 1.82) is 0 Å². The van der Waals surface area contributed by atoms with Gasteiger partial charge in [0.25, 0.3) is 0 Å². The van der Waals surface area contributed by atoms with Gasteiger partial charge < -0.3 is 10.2 Å². The van der Waals surface area contributed by atoms with Crippen LogP contribution in [0.1, 0.15) is 23.2 Å². The summed E-state index contributed by atoms with van der Waals surface area (Å²) in [5, 5.41) is 17.9. The van der Waals surface area contributed by atoms with Gasteiger partial charge in [-0.15, -0.1) is 0 Å². The number of nitrogens with one attached hydrogen (secondary N) is 1. The summed E-state index contributed by atoms with van der Waals surface area (Å²) in [4.78, 5) is 10.7. The molecular weight excluding hydrogens is 258 g/mol. The number of carboxylic acids is 1. The zero-order chi connectivity index (χ0) is 13.4. The average molecular weight is 271 g/mol. The van der Waals surface area contributed by atoms with E-state index in [4.69, 9.17) is 10.2 Å². The van der Waals surface area contributed by atoms with Crippen LogP contribution in [0.4, 0.5) is 0 Å². The fraction of sp³-hybridized carbons (Fsp3) is 0.364. The summed E-state index contributed by atoms with van der Waals surface area (Å²) >= 11 is 0. The van der Waals surface area contributed by atoms with Gasteiger partial charge in [-0.3, -0.25) is 0 Å². The maximum atomic E-state index is 12.0. The van der Waals surface area contributed by atoms with Crippen LogP contribution in [0.25, 0.3) is 0 Å². The van der Waals surface area contributed by atoms with Gasteiger partial charge >= 0.3 is 5.97 Å². The predicted molar refractivity (Wildman–Crippen MR) is 62.8 cm³/mol. The first-order chi connectivity index (χ1) is 8.38. The second kappa shape index (κ2) is 4.34. The molecule has 0 radical (unpaired) electrons. The topological polar surface area (TPSA) is 104 Å². The van der Waals surface area contributed by atoms with E-state index in [-0.39, 0.29) is 17.1 Å². The SMILES string of the molecule is O=C(O)c1cccc(S(=O)(=O)NC2(CO)CC2)c1. The summed E-state index contributed by atoms with van der Waals surface area (Å²) in [7, 11) is -3.80. The van der Waals surface area contributed by atoms with Crippen LogP contribution in [0.15, 0.2) is 29.2 Å². The van der Waals surface area contributed by atoms with E-state index >= 15 is 0 Å². The predicted octanol–water partition coefficient (Wildman–Crippen LogP) is 0.188. The largest absolute Gasteiger partial charge is 0.478 e. The zero-order valence-electron chi connectivity index (χ0n) is 9.46. The Hall–Kier alpha value is -1.44. The van der Waals surface area contributed by atoms with Crippen molar-refractivity contribution in [1.82, 2.24) is 4.72 Å². The van der Waals surface area contributed by atoms with E-state index in [0.717, 1.165) is 6.07 Å². The van der Waals surface area contributed by atoms with Gasteiger partial charge in [0.2, 0.25) is 10.0 Å². The Bertz CT molecular complexity index is 577. The Morgan fingerprint density at radius 2 is 2.06 bits per heavy atom. The minimum Gasteiger partial charge on any atom is -0.478 e. The molecule has 6 nitrogen and oxygen atoms in total. The number of rotatable bonds is 5. The maximum Gasteiger partial charge on any atom is 0.335 e. The number of sulfonamides is 1. The quantitative estimate of drug-likeness (QED) is 0.709. The van der Waals surface area contributed by atoms with Crippen LogP contribution in [-0.4, -0.2) is 36.7 Å². The van der Waals surface area contributed by atoms with Crippen LogP contribution in [0.2, 0.25) is 0 Å². The van der Waals surface area contributed by atoms with Crippen LogP contribution >= 0.6 is 0 Å². The van der Waals surface area contributed by atoms with Gasteiger partial charge in [-0.05, 0) is 31.0 Å². The maximum absolute atomic E-state index is 12.0. The van der Waals surface area contributed by atoms with Crippen LogP contribution < -0.4 is 4.72 Å². The van der Waals surface area contributed by atoms with Crippen molar-refractivity contribution in [3.63, 3.8) is 0 Å². The molecule has 1 aliphatic carbocycles. The smallest absolute Gasteiger partial charge is 0.335 e. The molecule has 18 heavy (non-hydrogen) atoms. The summed E-state index contributed by atoms with van der Waals surface area (Å²) < 4.78 is 26.4. The molecule has 0 amide bonds. The van der Waals surface area contributed by atoms with Crippen LogP contribution in [0, 0.1) is 0 Å². The van der Waals surface area contributed by atoms with Gasteiger partial charge in [-0.25, -0.2) is 17.9 Å². The number of aromatic carboxylic acids is 1. The first kappa shape index (κ1) is 13.0. The molecular formula is C11H13NO5S. The van der Waals surface area contributed by atoms with Gasteiger partial charge in [-0.2, -0.15) is 0 Å². The number of carbonyl (C=O) groups is 1. The van der Waals surface area contributed by atoms with Crippen LogP contribution in [0.5, 0.6) is 0 Å². The molecule has 0 saturated heterocycles. The lowest BCUT2D eigenvalue weighted by atomic mass is 10.2. The van der Waals surface area contributed by atoms with Crippen molar-refractivity contribution < 1.29 is 23.4 Å². The standard InChI is InChI=1S/C11H13NO5S/c13-7-11(4-5-11)12-18(16,17)9-3-1-2-8(6-9)10(14)15/h1-3,6,12-13H,4-5,7H2,(H,14,15). The monoisotopic (exact) mass is 271 g/mol. The van der Waals surface area contributed by atoms with Crippen molar-refractivity contribution in [2.75, 3.05) is 6.61 Å². The summed E-state index contributed by atoms with van der Waals surface area (Å²) in [6.07, 6.45) is 1.17. The molecule has 1 fully saturated rings. The average Bonchev–Trinajstić information content (AvgIpc) is 3.09. The van der Waals surface area contributed by atoms with Gasteiger partial charge in [0.1, 0.15) is 0 Å². The second-order valence-corrected chi connectivity index (χ2v) is 6.06. The Kier molecular flexibility index (Phi) is 3.14. The lowest BCUT2D eigenvalue weighted by Gasteiger charge is -2.14. The van der Waals surface area contributed by atoms with Gasteiger partial charge in [0, 0.05) is 0 Å². The molecule has 2 rings (SSSR count). The van der Waals surface area contributed by atoms with Crippen molar-refractivity contribution >= 4 is 16.0 Å². The van der Waals surface area contributed by atoms with E-state index in [0.29, 0.717) is 12.8 Å². The molecule has 0 bridgehead atoms. The van der Waals surface area contributed by atoms with E-state index in [9.17, 15) is 13.2 Å². The number of hydrogen-bond donors (Lipinski definition) is 3. The number of aliphatic hydroxyl groups is 1.